The van der Waals surface area contributed by atoms with Gasteiger partial charge in [0.2, 0.25) is 5.91 Å². The molecule has 3 nitrogen and oxygen atoms in total. The van der Waals surface area contributed by atoms with E-state index in [-0.39, 0.29) is 23.7 Å². The quantitative estimate of drug-likeness (QED) is 0.646. The number of ketones is 1. The zero-order valence-electron chi connectivity index (χ0n) is 9.30. The first-order valence-electron chi connectivity index (χ1n) is 5.29. The highest BCUT2D eigenvalue weighted by atomic mass is 16.2. The summed E-state index contributed by atoms with van der Waals surface area (Å²) in [4.78, 5) is 24.5. The average molecular weight is 197 g/mol. The van der Waals surface area contributed by atoms with Crippen LogP contribution in [0.4, 0.5) is 0 Å². The third kappa shape index (κ3) is 2.34. The lowest BCUT2D eigenvalue weighted by Crippen LogP contribution is -2.51. The third-order valence-corrected chi connectivity index (χ3v) is 2.86. The molecule has 1 heterocycles. The molecular weight excluding hydrogens is 178 g/mol. The molecule has 0 aromatic heterocycles. The number of likely N-dealkylation sites (tertiary alicyclic amines) is 1. The number of nitrogens with zero attached hydrogens (tertiary/aromatic N) is 1. The van der Waals surface area contributed by atoms with Crippen molar-refractivity contribution < 1.29 is 9.59 Å². The maximum absolute atomic E-state index is 11.6. The molecule has 0 bridgehead atoms. The first kappa shape index (κ1) is 11.2. The highest BCUT2D eigenvalue weighted by Gasteiger charge is 2.33. The van der Waals surface area contributed by atoms with Crippen molar-refractivity contribution >= 4 is 11.7 Å². The molecule has 0 N–H and O–H groups in total. The van der Waals surface area contributed by atoms with Crippen LogP contribution >= 0.6 is 0 Å². The normalized spacial score (nSPS) is 18.9. The van der Waals surface area contributed by atoms with Crippen molar-refractivity contribution in [3.05, 3.63) is 0 Å². The van der Waals surface area contributed by atoms with Crippen LogP contribution in [0.15, 0.2) is 0 Å². The van der Waals surface area contributed by atoms with E-state index in [0.717, 1.165) is 12.8 Å². The summed E-state index contributed by atoms with van der Waals surface area (Å²) >= 11 is 0. The van der Waals surface area contributed by atoms with Crippen molar-refractivity contribution in [3.63, 3.8) is 0 Å². The lowest BCUT2D eigenvalue weighted by atomic mass is 9.93. The zero-order valence-corrected chi connectivity index (χ0v) is 9.30. The van der Waals surface area contributed by atoms with Gasteiger partial charge in [-0.15, -0.1) is 0 Å². The van der Waals surface area contributed by atoms with Crippen LogP contribution in [0.3, 0.4) is 0 Å². The Labute approximate surface area is 85.5 Å². The molecule has 14 heavy (non-hydrogen) atoms. The molecule has 0 aromatic carbocycles. The Bertz CT molecular complexity index is 246. The fraction of sp³-hybridized carbons (Fsp3) is 0.818. The van der Waals surface area contributed by atoms with E-state index in [2.05, 4.69) is 20.8 Å². The van der Waals surface area contributed by atoms with Gasteiger partial charge in [0, 0.05) is 18.5 Å². The molecule has 0 aromatic rings. The van der Waals surface area contributed by atoms with Gasteiger partial charge < -0.3 is 4.90 Å². The van der Waals surface area contributed by atoms with Gasteiger partial charge in [0.25, 0.3) is 0 Å². The van der Waals surface area contributed by atoms with E-state index in [4.69, 9.17) is 0 Å². The Kier molecular flexibility index (Phi) is 3.29. The first-order valence-corrected chi connectivity index (χ1v) is 5.29. The summed E-state index contributed by atoms with van der Waals surface area (Å²) < 4.78 is 0. The Morgan fingerprint density at radius 1 is 1.36 bits per heavy atom. The lowest BCUT2D eigenvalue weighted by molar-refractivity contribution is -0.144. The van der Waals surface area contributed by atoms with Crippen LogP contribution in [0.2, 0.25) is 0 Å². The van der Waals surface area contributed by atoms with Crippen molar-refractivity contribution in [3.8, 4) is 0 Å². The maximum atomic E-state index is 11.6. The number of hydrogen-bond acceptors (Lipinski definition) is 2. The molecule has 0 radical (unpaired) electrons. The smallest absolute Gasteiger partial charge is 0.230 e. The number of carbonyl (C=O) groups excluding carboxylic acids is 2. The molecule has 0 spiro atoms. The molecule has 0 saturated carbocycles. The van der Waals surface area contributed by atoms with Crippen LogP contribution in [0.25, 0.3) is 0 Å². The van der Waals surface area contributed by atoms with Crippen LogP contribution in [0, 0.1) is 0 Å². The predicted molar refractivity (Wildman–Crippen MR) is 54.9 cm³/mol. The topological polar surface area (TPSA) is 37.4 Å². The van der Waals surface area contributed by atoms with E-state index in [1.807, 2.05) is 4.90 Å². The number of carbonyl (C=O) groups is 2. The van der Waals surface area contributed by atoms with Crippen LogP contribution in [0.1, 0.15) is 46.5 Å². The fourth-order valence-electron chi connectivity index (χ4n) is 2.10. The summed E-state index contributed by atoms with van der Waals surface area (Å²) in [6, 6.07) is 0. The molecule has 1 rings (SSSR count). The summed E-state index contributed by atoms with van der Waals surface area (Å²) in [6.45, 7) is 6.86. The Balaban J connectivity index is 2.68. The molecule has 1 amide bonds. The van der Waals surface area contributed by atoms with Gasteiger partial charge in [-0.1, -0.05) is 13.3 Å². The molecule has 3 heteroatoms. The second-order valence-corrected chi connectivity index (χ2v) is 4.57. The number of amides is 1. The third-order valence-electron chi connectivity index (χ3n) is 2.86. The second kappa shape index (κ2) is 4.11. The molecule has 0 atom stereocenters. The van der Waals surface area contributed by atoms with Gasteiger partial charge in [0.15, 0.2) is 0 Å². The molecular formula is C11H19NO2. The number of hydrogen-bond donors (Lipinski definition) is 0. The number of piperidine rings is 1. The first-order chi connectivity index (χ1) is 6.47. The Morgan fingerprint density at radius 3 is 2.50 bits per heavy atom. The Morgan fingerprint density at radius 2 is 2.00 bits per heavy atom. The minimum atomic E-state index is -0.0907. The van der Waals surface area contributed by atoms with Crippen LogP contribution in [-0.4, -0.2) is 28.7 Å². The summed E-state index contributed by atoms with van der Waals surface area (Å²) in [7, 11) is 0. The number of Topliss-reactive ketones (excluding diaryl/α,β-unsaturated/α-hetero) is 1. The van der Waals surface area contributed by atoms with Gasteiger partial charge in [-0.05, 0) is 20.3 Å². The van der Waals surface area contributed by atoms with Crippen LogP contribution in [-0.2, 0) is 9.59 Å². The van der Waals surface area contributed by atoms with Gasteiger partial charge in [0.05, 0.1) is 6.42 Å². The van der Waals surface area contributed by atoms with Gasteiger partial charge in [-0.25, -0.2) is 0 Å². The largest absolute Gasteiger partial charge is 0.337 e. The molecule has 80 valence electrons. The monoisotopic (exact) mass is 197 g/mol. The van der Waals surface area contributed by atoms with Gasteiger partial charge in [-0.3, -0.25) is 9.59 Å². The number of rotatable bonds is 3. The van der Waals surface area contributed by atoms with Crippen molar-refractivity contribution in [1.29, 1.82) is 0 Å². The van der Waals surface area contributed by atoms with Crippen LogP contribution in [0.5, 0.6) is 0 Å². The van der Waals surface area contributed by atoms with Crippen LogP contribution < -0.4 is 0 Å². The van der Waals surface area contributed by atoms with E-state index < -0.39 is 0 Å². The van der Waals surface area contributed by atoms with E-state index in [1.165, 1.54) is 0 Å². The fourth-order valence-corrected chi connectivity index (χ4v) is 2.10. The molecule has 1 aliphatic rings. The highest BCUT2D eigenvalue weighted by Crippen LogP contribution is 2.24. The molecule has 1 fully saturated rings. The zero-order chi connectivity index (χ0) is 10.8. The minimum absolute atomic E-state index is 0.000278. The summed E-state index contributed by atoms with van der Waals surface area (Å²) in [6.07, 6.45) is 2.68. The Hall–Kier alpha value is -0.860. The van der Waals surface area contributed by atoms with Gasteiger partial charge in [0.1, 0.15) is 5.78 Å². The SMILES string of the molecule is CCCC(C)(C)N1CCC(=O)CC1=O. The lowest BCUT2D eigenvalue weighted by Gasteiger charge is -2.40. The van der Waals surface area contributed by atoms with Gasteiger partial charge in [-0.2, -0.15) is 0 Å². The maximum Gasteiger partial charge on any atom is 0.230 e. The minimum Gasteiger partial charge on any atom is -0.337 e. The van der Waals surface area contributed by atoms with E-state index in [1.54, 1.807) is 0 Å². The van der Waals surface area contributed by atoms with Crippen molar-refractivity contribution in [2.24, 2.45) is 0 Å². The van der Waals surface area contributed by atoms with Crippen molar-refractivity contribution in [1.82, 2.24) is 4.90 Å². The summed E-state index contributed by atoms with van der Waals surface area (Å²) in [5.41, 5.74) is -0.0907. The van der Waals surface area contributed by atoms with E-state index >= 15 is 0 Å². The summed E-state index contributed by atoms with van der Waals surface area (Å²) in [5, 5.41) is 0. The van der Waals surface area contributed by atoms with E-state index in [0.29, 0.717) is 13.0 Å². The van der Waals surface area contributed by atoms with E-state index in [9.17, 15) is 9.59 Å². The van der Waals surface area contributed by atoms with Gasteiger partial charge >= 0.3 is 0 Å². The molecule has 0 aliphatic carbocycles. The standard InChI is InChI=1S/C11H19NO2/c1-4-6-11(2,3)12-7-5-9(13)8-10(12)14/h4-8H2,1-3H3. The second-order valence-electron chi connectivity index (χ2n) is 4.57. The average Bonchev–Trinajstić information content (AvgIpc) is 2.02. The predicted octanol–water partition coefficient (Wildman–Crippen LogP) is 1.76. The molecule has 0 unspecified atom stereocenters. The van der Waals surface area contributed by atoms with Crippen molar-refractivity contribution in [2.75, 3.05) is 6.54 Å². The molecule has 1 aliphatic heterocycles. The molecule has 1 saturated heterocycles. The van der Waals surface area contributed by atoms with Crippen molar-refractivity contribution in [2.45, 2.75) is 52.0 Å². The highest BCUT2D eigenvalue weighted by molar-refractivity contribution is 6.00. The summed E-state index contributed by atoms with van der Waals surface area (Å²) in [5.74, 6) is 0.0817.